The lowest BCUT2D eigenvalue weighted by Gasteiger charge is -2.13. The number of oxazole rings is 1. The number of aliphatic imine (C=N–C) groups is 1. The van der Waals surface area contributed by atoms with Crippen LogP contribution in [0, 0.1) is 0 Å². The van der Waals surface area contributed by atoms with Gasteiger partial charge in [-0.2, -0.15) is 0 Å². The van der Waals surface area contributed by atoms with Gasteiger partial charge in [0.15, 0.2) is 5.96 Å². The number of nitrogens with one attached hydrogen (secondary N) is 2. The minimum absolute atomic E-state index is 0. The van der Waals surface area contributed by atoms with E-state index in [1.165, 1.54) is 0 Å². The Balaban J connectivity index is 0.00000363. The molecule has 0 aliphatic carbocycles. The summed E-state index contributed by atoms with van der Waals surface area (Å²) in [5.74, 6) is 3.04. The molecule has 2 heterocycles. The predicted octanol–water partition coefficient (Wildman–Crippen LogP) is 4.82. The number of hydrogen-bond acceptors (Lipinski definition) is 5. The molecule has 7 nitrogen and oxygen atoms in total. The van der Waals surface area contributed by atoms with Gasteiger partial charge in [0.05, 0.1) is 25.0 Å². The van der Waals surface area contributed by atoms with E-state index in [0.29, 0.717) is 31.5 Å². The van der Waals surface area contributed by atoms with Crippen LogP contribution in [0.2, 0.25) is 0 Å². The molecular weight excluding hydrogens is 517 g/mol. The fourth-order valence-corrected chi connectivity index (χ4v) is 2.74. The zero-order valence-electron chi connectivity index (χ0n) is 19.1. The van der Waals surface area contributed by atoms with Gasteiger partial charge in [0.25, 0.3) is 0 Å². The summed E-state index contributed by atoms with van der Waals surface area (Å²) in [5, 5.41) is 6.52. The molecule has 3 rings (SSSR count). The Bertz CT molecular complexity index is 966. The lowest BCUT2D eigenvalue weighted by atomic mass is 9.94. The highest BCUT2D eigenvalue weighted by Gasteiger charge is 2.19. The summed E-state index contributed by atoms with van der Waals surface area (Å²) in [6, 6.07) is 13.7. The zero-order chi connectivity index (χ0) is 22.1. The van der Waals surface area contributed by atoms with Crippen molar-refractivity contribution in [1.29, 1.82) is 0 Å². The summed E-state index contributed by atoms with van der Waals surface area (Å²) in [4.78, 5) is 13.3. The molecule has 0 fully saturated rings. The van der Waals surface area contributed by atoms with Crippen LogP contribution in [0.3, 0.4) is 0 Å². The van der Waals surface area contributed by atoms with Gasteiger partial charge in [0.1, 0.15) is 18.1 Å². The maximum absolute atomic E-state index is 5.83. The Morgan fingerprint density at radius 2 is 1.84 bits per heavy atom. The molecule has 2 N–H and O–H groups in total. The molecular formula is C24H32IN5O2. The Kier molecular flexibility index (Phi) is 9.96. The van der Waals surface area contributed by atoms with E-state index in [1.54, 1.807) is 12.4 Å². The quantitative estimate of drug-likeness (QED) is 0.238. The molecule has 0 radical (unpaired) electrons. The molecule has 0 aliphatic rings. The average molecular weight is 549 g/mol. The van der Waals surface area contributed by atoms with Crippen LogP contribution in [0.5, 0.6) is 5.75 Å². The van der Waals surface area contributed by atoms with Gasteiger partial charge in [-0.25, -0.2) is 9.98 Å². The molecule has 0 aliphatic heterocycles. The molecule has 3 aromatic rings. The minimum atomic E-state index is -0.0582. The third-order valence-corrected chi connectivity index (χ3v) is 4.50. The number of aromatic nitrogens is 2. The second-order valence-electron chi connectivity index (χ2n) is 8.17. The van der Waals surface area contributed by atoms with Crippen molar-refractivity contribution in [2.24, 2.45) is 4.99 Å². The first-order valence-electron chi connectivity index (χ1n) is 10.5. The minimum Gasteiger partial charge on any atom is -0.487 e. The van der Waals surface area contributed by atoms with Gasteiger partial charge in [0, 0.05) is 18.2 Å². The first-order chi connectivity index (χ1) is 14.9. The summed E-state index contributed by atoms with van der Waals surface area (Å²) < 4.78 is 11.6. The topological polar surface area (TPSA) is 84.6 Å². The Hall–Kier alpha value is -2.62. The first-order valence-corrected chi connectivity index (χ1v) is 10.5. The van der Waals surface area contributed by atoms with E-state index in [0.717, 1.165) is 29.3 Å². The number of pyridine rings is 1. The Morgan fingerprint density at radius 1 is 1.06 bits per heavy atom. The second-order valence-corrected chi connectivity index (χ2v) is 8.17. The lowest BCUT2D eigenvalue weighted by Crippen LogP contribution is -2.36. The van der Waals surface area contributed by atoms with Gasteiger partial charge in [-0.05, 0) is 36.8 Å². The number of guanidine groups is 1. The molecule has 2 aromatic heterocycles. The van der Waals surface area contributed by atoms with Crippen molar-refractivity contribution in [3.05, 3.63) is 77.8 Å². The van der Waals surface area contributed by atoms with Crippen LogP contribution >= 0.6 is 24.0 Å². The van der Waals surface area contributed by atoms with Crippen molar-refractivity contribution in [3.8, 4) is 5.75 Å². The van der Waals surface area contributed by atoms with Crippen molar-refractivity contribution in [2.75, 3.05) is 6.54 Å². The molecule has 0 saturated heterocycles. The first kappa shape index (κ1) is 25.6. The molecule has 0 unspecified atom stereocenters. The SMILES string of the molecule is CCNC(=NCc1ccc(OCc2ccccn2)cc1)NCc1ncc(C(C)(C)C)o1.I. The van der Waals surface area contributed by atoms with Crippen molar-refractivity contribution in [2.45, 2.75) is 52.8 Å². The lowest BCUT2D eigenvalue weighted by molar-refractivity contribution is 0.301. The summed E-state index contributed by atoms with van der Waals surface area (Å²) in [7, 11) is 0. The summed E-state index contributed by atoms with van der Waals surface area (Å²) >= 11 is 0. The molecule has 8 heteroatoms. The fourth-order valence-electron chi connectivity index (χ4n) is 2.74. The van der Waals surface area contributed by atoms with Gasteiger partial charge in [-0.1, -0.05) is 39.0 Å². The van der Waals surface area contributed by atoms with E-state index >= 15 is 0 Å². The van der Waals surface area contributed by atoms with Crippen molar-refractivity contribution < 1.29 is 9.15 Å². The molecule has 1 aromatic carbocycles. The highest BCUT2D eigenvalue weighted by Crippen LogP contribution is 2.22. The van der Waals surface area contributed by atoms with Gasteiger partial charge < -0.3 is 19.8 Å². The largest absolute Gasteiger partial charge is 0.487 e. The number of halogens is 1. The fraction of sp³-hybridized carbons (Fsp3) is 0.375. The van der Waals surface area contributed by atoms with E-state index in [-0.39, 0.29) is 29.4 Å². The van der Waals surface area contributed by atoms with E-state index in [2.05, 4.69) is 46.4 Å². The maximum atomic E-state index is 5.83. The van der Waals surface area contributed by atoms with Gasteiger partial charge in [-0.15, -0.1) is 24.0 Å². The van der Waals surface area contributed by atoms with E-state index in [1.807, 2.05) is 49.4 Å². The summed E-state index contributed by atoms with van der Waals surface area (Å²) in [6.07, 6.45) is 3.56. The number of benzene rings is 1. The standard InChI is InChI=1S/C24H31N5O2.HI/c1-5-25-23(29-16-22-27-15-21(31-22)24(2,3)4)28-14-18-9-11-20(12-10-18)30-17-19-8-6-7-13-26-19;/h6-13,15H,5,14,16-17H2,1-4H3,(H2,25,28,29);1H. The van der Waals surface area contributed by atoms with E-state index in [9.17, 15) is 0 Å². The molecule has 0 saturated carbocycles. The molecule has 32 heavy (non-hydrogen) atoms. The van der Waals surface area contributed by atoms with Crippen LogP contribution in [0.1, 0.15) is 50.6 Å². The monoisotopic (exact) mass is 549 g/mol. The van der Waals surface area contributed by atoms with Gasteiger partial charge >= 0.3 is 0 Å². The molecule has 0 atom stereocenters. The smallest absolute Gasteiger partial charge is 0.213 e. The predicted molar refractivity (Wildman–Crippen MR) is 137 cm³/mol. The molecule has 0 spiro atoms. The van der Waals surface area contributed by atoms with E-state index in [4.69, 9.17) is 9.15 Å². The van der Waals surface area contributed by atoms with Crippen LogP contribution in [0.15, 0.2) is 64.3 Å². The normalized spacial score (nSPS) is 11.6. The Labute approximate surface area is 207 Å². The maximum Gasteiger partial charge on any atom is 0.213 e. The number of rotatable bonds is 8. The molecule has 172 valence electrons. The van der Waals surface area contributed by atoms with Crippen molar-refractivity contribution in [3.63, 3.8) is 0 Å². The summed E-state index contributed by atoms with van der Waals surface area (Å²) in [5.41, 5.74) is 1.93. The number of ether oxygens (including phenoxy) is 1. The highest BCUT2D eigenvalue weighted by atomic mass is 127. The highest BCUT2D eigenvalue weighted by molar-refractivity contribution is 14.0. The van der Waals surface area contributed by atoms with Crippen LogP contribution in [0.4, 0.5) is 0 Å². The molecule has 0 amide bonds. The number of hydrogen-bond donors (Lipinski definition) is 2. The number of nitrogens with zero attached hydrogens (tertiary/aromatic N) is 3. The van der Waals surface area contributed by atoms with E-state index < -0.39 is 0 Å². The third kappa shape index (κ3) is 8.14. The van der Waals surface area contributed by atoms with Crippen molar-refractivity contribution in [1.82, 2.24) is 20.6 Å². The van der Waals surface area contributed by atoms with Gasteiger partial charge in [0.2, 0.25) is 5.89 Å². The van der Waals surface area contributed by atoms with Crippen LogP contribution in [-0.4, -0.2) is 22.5 Å². The van der Waals surface area contributed by atoms with Gasteiger partial charge in [-0.3, -0.25) is 4.98 Å². The molecule has 0 bridgehead atoms. The zero-order valence-corrected chi connectivity index (χ0v) is 21.4. The second kappa shape index (κ2) is 12.4. The van der Waals surface area contributed by atoms with Crippen LogP contribution < -0.4 is 15.4 Å². The van der Waals surface area contributed by atoms with Crippen LogP contribution in [-0.2, 0) is 25.1 Å². The summed E-state index contributed by atoms with van der Waals surface area (Å²) in [6.45, 7) is 10.6. The van der Waals surface area contributed by atoms with Crippen LogP contribution in [0.25, 0.3) is 0 Å². The van der Waals surface area contributed by atoms with Crippen molar-refractivity contribution >= 4 is 29.9 Å². The third-order valence-electron chi connectivity index (χ3n) is 4.50. The Morgan fingerprint density at radius 3 is 2.47 bits per heavy atom. The average Bonchev–Trinajstić information content (AvgIpc) is 3.25.